The number of hydrogen-bond acceptors (Lipinski definition) is 5. The van der Waals surface area contributed by atoms with Crippen LogP contribution in [0.3, 0.4) is 0 Å². The molecule has 1 N–H and O–H groups in total. The molecule has 0 radical (unpaired) electrons. The van der Waals surface area contributed by atoms with Crippen molar-refractivity contribution < 1.29 is 0 Å². The van der Waals surface area contributed by atoms with E-state index < -0.39 is 0 Å². The van der Waals surface area contributed by atoms with Crippen molar-refractivity contribution in [3.05, 3.63) is 36.8 Å². The van der Waals surface area contributed by atoms with Gasteiger partial charge < -0.3 is 10.2 Å². The lowest BCUT2D eigenvalue weighted by Gasteiger charge is -2.14. The van der Waals surface area contributed by atoms with Gasteiger partial charge in [0.1, 0.15) is 12.1 Å². The minimum Gasteiger partial charge on any atom is -0.378 e. The third-order valence-corrected chi connectivity index (χ3v) is 3.15. The summed E-state index contributed by atoms with van der Waals surface area (Å²) in [7, 11) is 5.90. The fourth-order valence-corrected chi connectivity index (χ4v) is 2.06. The summed E-state index contributed by atoms with van der Waals surface area (Å²) in [6.45, 7) is 0. The quantitative estimate of drug-likeness (QED) is 0.789. The highest BCUT2D eigenvalue weighted by Gasteiger charge is 2.08. The van der Waals surface area contributed by atoms with Crippen molar-refractivity contribution in [3.8, 4) is 0 Å². The highest BCUT2D eigenvalue weighted by atomic mass is 15.3. The summed E-state index contributed by atoms with van der Waals surface area (Å²) in [4.78, 5) is 10.6. The maximum absolute atomic E-state index is 4.30. The molecule has 0 fully saturated rings. The summed E-state index contributed by atoms with van der Waals surface area (Å²) in [5, 5.41) is 8.44. The second-order valence-corrected chi connectivity index (χ2v) is 4.80. The molecule has 2 aromatic heterocycles. The van der Waals surface area contributed by atoms with Crippen LogP contribution in [0, 0.1) is 0 Å². The summed E-state index contributed by atoms with van der Waals surface area (Å²) in [6, 6.07) is 8.16. The van der Waals surface area contributed by atoms with E-state index in [4.69, 9.17) is 0 Å². The van der Waals surface area contributed by atoms with Crippen LogP contribution in [0.4, 0.5) is 17.2 Å². The Morgan fingerprint density at radius 1 is 1.20 bits per heavy atom. The molecular formula is C14H16N6. The molecule has 0 aliphatic heterocycles. The standard InChI is InChI=1S/C14H16N6/c1-19(2)11-6-4-5-10(7-11)18-13-12-8-17-20(3)14(12)16-9-15-13/h4-9H,1-3H3,(H,15,16,18). The molecule has 0 saturated heterocycles. The van der Waals surface area contributed by atoms with Crippen molar-refractivity contribution >= 4 is 28.2 Å². The van der Waals surface area contributed by atoms with Crippen molar-refractivity contribution in [2.24, 2.45) is 7.05 Å². The van der Waals surface area contributed by atoms with Gasteiger partial charge in [-0.3, -0.25) is 4.68 Å². The largest absolute Gasteiger partial charge is 0.378 e. The Balaban J connectivity index is 1.99. The second-order valence-electron chi connectivity index (χ2n) is 4.80. The first-order valence-electron chi connectivity index (χ1n) is 6.32. The molecule has 0 spiro atoms. The predicted molar refractivity (Wildman–Crippen MR) is 80.4 cm³/mol. The van der Waals surface area contributed by atoms with Crippen molar-refractivity contribution in [1.29, 1.82) is 0 Å². The van der Waals surface area contributed by atoms with Crippen LogP contribution in [0.2, 0.25) is 0 Å². The van der Waals surface area contributed by atoms with Gasteiger partial charge in [-0.05, 0) is 18.2 Å². The van der Waals surface area contributed by atoms with Crippen molar-refractivity contribution in [2.75, 3.05) is 24.3 Å². The normalized spacial score (nSPS) is 10.8. The summed E-state index contributed by atoms with van der Waals surface area (Å²) in [5.74, 6) is 0.763. The zero-order chi connectivity index (χ0) is 14.1. The number of aromatic nitrogens is 4. The zero-order valence-electron chi connectivity index (χ0n) is 11.7. The van der Waals surface area contributed by atoms with Gasteiger partial charge in [0.15, 0.2) is 5.65 Å². The summed E-state index contributed by atoms with van der Waals surface area (Å²) in [5.41, 5.74) is 2.93. The molecule has 6 nitrogen and oxygen atoms in total. The maximum Gasteiger partial charge on any atom is 0.163 e. The van der Waals surface area contributed by atoms with E-state index >= 15 is 0 Å². The van der Waals surface area contributed by atoms with E-state index in [0.717, 1.165) is 28.2 Å². The van der Waals surface area contributed by atoms with Crippen LogP contribution in [0.5, 0.6) is 0 Å². The molecule has 20 heavy (non-hydrogen) atoms. The van der Waals surface area contributed by atoms with E-state index in [1.165, 1.54) is 0 Å². The Hall–Kier alpha value is -2.63. The third kappa shape index (κ3) is 2.16. The predicted octanol–water partition coefficient (Wildman–Crippen LogP) is 2.17. The number of nitrogens with zero attached hydrogens (tertiary/aromatic N) is 5. The van der Waals surface area contributed by atoms with Gasteiger partial charge in [0.25, 0.3) is 0 Å². The molecule has 0 saturated carbocycles. The highest BCUT2D eigenvalue weighted by molar-refractivity contribution is 5.88. The number of aryl methyl sites for hydroxylation is 1. The molecule has 0 atom stereocenters. The molecule has 102 valence electrons. The average Bonchev–Trinajstić information content (AvgIpc) is 2.82. The number of hydrogen-bond donors (Lipinski definition) is 1. The summed E-state index contributed by atoms with van der Waals surface area (Å²) < 4.78 is 1.73. The smallest absolute Gasteiger partial charge is 0.163 e. The maximum atomic E-state index is 4.30. The van der Waals surface area contributed by atoms with Crippen LogP contribution in [-0.2, 0) is 7.05 Å². The lowest BCUT2D eigenvalue weighted by molar-refractivity contribution is 0.785. The molecular weight excluding hydrogens is 252 g/mol. The number of nitrogens with one attached hydrogen (secondary N) is 1. The van der Waals surface area contributed by atoms with E-state index in [1.54, 1.807) is 17.2 Å². The van der Waals surface area contributed by atoms with Gasteiger partial charge in [-0.2, -0.15) is 5.10 Å². The molecule has 0 bridgehead atoms. The molecule has 6 heteroatoms. The monoisotopic (exact) mass is 268 g/mol. The Morgan fingerprint density at radius 3 is 2.85 bits per heavy atom. The molecule has 2 heterocycles. The van der Waals surface area contributed by atoms with Crippen LogP contribution < -0.4 is 10.2 Å². The zero-order valence-corrected chi connectivity index (χ0v) is 11.7. The average molecular weight is 268 g/mol. The van der Waals surface area contributed by atoms with Gasteiger partial charge >= 0.3 is 0 Å². The number of anilines is 3. The Labute approximate surface area is 117 Å². The number of rotatable bonds is 3. The molecule has 3 rings (SSSR count). The first kappa shape index (κ1) is 12.4. The number of benzene rings is 1. The topological polar surface area (TPSA) is 58.9 Å². The first-order chi connectivity index (χ1) is 9.65. The van der Waals surface area contributed by atoms with Crippen LogP contribution in [0.25, 0.3) is 11.0 Å². The van der Waals surface area contributed by atoms with Crippen LogP contribution >= 0.6 is 0 Å². The van der Waals surface area contributed by atoms with Crippen LogP contribution in [0.1, 0.15) is 0 Å². The Bertz CT molecular complexity index is 746. The summed E-state index contributed by atoms with van der Waals surface area (Å²) >= 11 is 0. The molecule has 1 aromatic carbocycles. The van der Waals surface area contributed by atoms with Gasteiger partial charge in [-0.25, -0.2) is 9.97 Å². The van der Waals surface area contributed by atoms with Crippen molar-refractivity contribution in [3.63, 3.8) is 0 Å². The van der Waals surface area contributed by atoms with Crippen LogP contribution in [-0.4, -0.2) is 33.8 Å². The minimum atomic E-state index is 0.763. The van der Waals surface area contributed by atoms with Gasteiger partial charge in [0.05, 0.1) is 11.6 Å². The molecule has 0 amide bonds. The van der Waals surface area contributed by atoms with E-state index in [0.29, 0.717) is 0 Å². The molecule has 0 aliphatic rings. The fraction of sp³-hybridized carbons (Fsp3) is 0.214. The van der Waals surface area contributed by atoms with Gasteiger partial charge in [0, 0.05) is 32.5 Å². The van der Waals surface area contributed by atoms with E-state index in [9.17, 15) is 0 Å². The highest BCUT2D eigenvalue weighted by Crippen LogP contribution is 2.24. The lowest BCUT2D eigenvalue weighted by atomic mass is 10.2. The SMILES string of the molecule is CN(C)c1cccc(Nc2ncnc3c2cnn3C)c1. The van der Waals surface area contributed by atoms with Gasteiger partial charge in [-0.15, -0.1) is 0 Å². The molecule has 0 aliphatic carbocycles. The van der Waals surface area contributed by atoms with Gasteiger partial charge in [0.2, 0.25) is 0 Å². The van der Waals surface area contributed by atoms with E-state index in [2.05, 4.69) is 37.4 Å². The lowest BCUT2D eigenvalue weighted by Crippen LogP contribution is -2.08. The third-order valence-electron chi connectivity index (χ3n) is 3.15. The Kier molecular flexibility index (Phi) is 2.98. The second kappa shape index (κ2) is 4.80. The Morgan fingerprint density at radius 2 is 2.05 bits per heavy atom. The van der Waals surface area contributed by atoms with E-state index in [-0.39, 0.29) is 0 Å². The number of fused-ring (bicyclic) bond motifs is 1. The molecule has 3 aromatic rings. The van der Waals surface area contributed by atoms with E-state index in [1.807, 2.05) is 33.3 Å². The van der Waals surface area contributed by atoms with Crippen LogP contribution in [0.15, 0.2) is 36.8 Å². The first-order valence-corrected chi connectivity index (χ1v) is 6.32. The van der Waals surface area contributed by atoms with Crippen molar-refractivity contribution in [1.82, 2.24) is 19.7 Å². The van der Waals surface area contributed by atoms with Crippen molar-refractivity contribution in [2.45, 2.75) is 0 Å². The minimum absolute atomic E-state index is 0.763. The summed E-state index contributed by atoms with van der Waals surface area (Å²) in [6.07, 6.45) is 3.32. The fourth-order valence-electron chi connectivity index (χ4n) is 2.06. The van der Waals surface area contributed by atoms with Gasteiger partial charge in [-0.1, -0.05) is 6.07 Å². The molecule has 0 unspecified atom stereocenters.